The van der Waals surface area contributed by atoms with E-state index in [2.05, 4.69) is 0 Å². The average molecular weight is 261 g/mol. The van der Waals surface area contributed by atoms with Crippen LogP contribution in [0.4, 0.5) is 0 Å². The van der Waals surface area contributed by atoms with Crippen LogP contribution in [-0.4, -0.2) is 75.8 Å². The van der Waals surface area contributed by atoms with Crippen molar-refractivity contribution in [2.45, 2.75) is 6.42 Å². The Labute approximate surface area is 108 Å². The van der Waals surface area contributed by atoms with Crippen molar-refractivity contribution in [2.75, 3.05) is 59.8 Å². The van der Waals surface area contributed by atoms with E-state index in [9.17, 15) is 4.79 Å². The summed E-state index contributed by atoms with van der Waals surface area (Å²) < 4.78 is 15.4. The number of carbonyl (C=O) groups is 1. The van der Waals surface area contributed by atoms with Gasteiger partial charge in [0, 0.05) is 39.1 Å². The first-order valence-corrected chi connectivity index (χ1v) is 6.31. The molecule has 0 bridgehead atoms. The minimum Gasteiger partial charge on any atom is -0.396 e. The molecule has 1 amide bonds. The molecule has 0 spiro atoms. The third-order valence-corrected chi connectivity index (χ3v) is 2.86. The van der Waals surface area contributed by atoms with Gasteiger partial charge in [-0.2, -0.15) is 0 Å². The van der Waals surface area contributed by atoms with E-state index in [0.717, 1.165) is 0 Å². The Morgan fingerprint density at radius 2 is 1.89 bits per heavy atom. The molecule has 6 nitrogen and oxygen atoms in total. The number of aliphatic hydroxyl groups is 1. The summed E-state index contributed by atoms with van der Waals surface area (Å²) in [6.07, 6.45) is 0.455. The van der Waals surface area contributed by atoms with Gasteiger partial charge in [-0.15, -0.1) is 0 Å². The molecule has 0 radical (unpaired) electrons. The van der Waals surface area contributed by atoms with Crippen LogP contribution in [0.5, 0.6) is 0 Å². The maximum Gasteiger partial charge on any atom is 0.223 e. The zero-order chi connectivity index (χ0) is 13.2. The second-order valence-electron chi connectivity index (χ2n) is 4.31. The molecule has 18 heavy (non-hydrogen) atoms. The van der Waals surface area contributed by atoms with E-state index in [4.69, 9.17) is 19.3 Å². The predicted octanol–water partition coefficient (Wildman–Crippen LogP) is -0.493. The number of likely N-dealkylation sites (tertiary alicyclic amines) is 1. The summed E-state index contributed by atoms with van der Waals surface area (Å²) in [5, 5.41) is 8.98. The van der Waals surface area contributed by atoms with Gasteiger partial charge in [-0.25, -0.2) is 0 Å². The fraction of sp³-hybridized carbons (Fsp3) is 0.917. The lowest BCUT2D eigenvalue weighted by Crippen LogP contribution is -2.29. The number of ether oxygens (including phenoxy) is 3. The van der Waals surface area contributed by atoms with Gasteiger partial charge >= 0.3 is 0 Å². The van der Waals surface area contributed by atoms with Crippen LogP contribution < -0.4 is 0 Å². The summed E-state index contributed by atoms with van der Waals surface area (Å²) in [6, 6.07) is 0. The van der Waals surface area contributed by atoms with Crippen LogP contribution in [0.25, 0.3) is 0 Å². The molecular weight excluding hydrogens is 238 g/mol. The average Bonchev–Trinajstić information content (AvgIpc) is 2.73. The minimum atomic E-state index is 0.0798. The number of amides is 1. The molecule has 0 aromatic rings. The summed E-state index contributed by atoms with van der Waals surface area (Å²) in [4.78, 5) is 13.2. The second-order valence-corrected chi connectivity index (χ2v) is 4.31. The number of carbonyl (C=O) groups excluding carboxylic acids is 1. The monoisotopic (exact) mass is 261 g/mol. The largest absolute Gasteiger partial charge is 0.396 e. The molecule has 1 unspecified atom stereocenters. The standard InChI is InChI=1S/C12H23NO5/c1-16-4-5-18-7-6-17-3-2-13-9-11(10-14)8-12(13)15/h11,14H,2-10H2,1H3. The maximum absolute atomic E-state index is 11.5. The van der Waals surface area contributed by atoms with E-state index in [1.54, 1.807) is 12.0 Å². The smallest absolute Gasteiger partial charge is 0.223 e. The molecule has 0 aromatic carbocycles. The lowest BCUT2D eigenvalue weighted by atomic mass is 10.1. The highest BCUT2D eigenvalue weighted by atomic mass is 16.5. The number of aliphatic hydroxyl groups excluding tert-OH is 1. The molecule has 1 aliphatic rings. The Kier molecular flexibility index (Phi) is 7.91. The van der Waals surface area contributed by atoms with Gasteiger partial charge in [-0.1, -0.05) is 0 Å². The molecule has 0 aromatic heterocycles. The zero-order valence-electron chi connectivity index (χ0n) is 11.0. The summed E-state index contributed by atoms with van der Waals surface area (Å²) >= 11 is 0. The highest BCUT2D eigenvalue weighted by Gasteiger charge is 2.28. The van der Waals surface area contributed by atoms with E-state index < -0.39 is 0 Å². The molecule has 1 heterocycles. The van der Waals surface area contributed by atoms with Crippen molar-refractivity contribution in [1.29, 1.82) is 0 Å². The molecule has 1 rings (SSSR count). The lowest BCUT2D eigenvalue weighted by Gasteiger charge is -2.16. The van der Waals surface area contributed by atoms with Crippen LogP contribution in [0.1, 0.15) is 6.42 Å². The van der Waals surface area contributed by atoms with Crippen LogP contribution in [0.15, 0.2) is 0 Å². The summed E-state index contributed by atoms with van der Waals surface area (Å²) in [5.41, 5.74) is 0. The quantitative estimate of drug-likeness (QED) is 0.537. The first-order valence-electron chi connectivity index (χ1n) is 6.31. The van der Waals surface area contributed by atoms with E-state index in [1.165, 1.54) is 0 Å². The molecule has 0 saturated carbocycles. The van der Waals surface area contributed by atoms with Crippen LogP contribution >= 0.6 is 0 Å². The lowest BCUT2D eigenvalue weighted by molar-refractivity contribution is -0.128. The molecule has 1 fully saturated rings. The molecule has 0 aliphatic carbocycles. The maximum atomic E-state index is 11.5. The molecular formula is C12H23NO5. The molecule has 1 saturated heterocycles. The fourth-order valence-electron chi connectivity index (χ4n) is 1.83. The summed E-state index contributed by atoms with van der Waals surface area (Å²) in [5.74, 6) is 0.198. The van der Waals surface area contributed by atoms with Crippen LogP contribution in [0, 0.1) is 5.92 Å². The molecule has 1 atom stereocenters. The summed E-state index contributed by atoms with van der Waals surface area (Å²) in [7, 11) is 1.63. The van der Waals surface area contributed by atoms with E-state index in [0.29, 0.717) is 52.5 Å². The number of hydrogen-bond acceptors (Lipinski definition) is 5. The van der Waals surface area contributed by atoms with E-state index in [1.807, 2.05) is 0 Å². The first-order chi connectivity index (χ1) is 8.77. The van der Waals surface area contributed by atoms with Crippen molar-refractivity contribution < 1.29 is 24.1 Å². The van der Waals surface area contributed by atoms with Gasteiger partial charge in [-0.05, 0) is 0 Å². The Morgan fingerprint density at radius 3 is 2.50 bits per heavy atom. The Morgan fingerprint density at radius 1 is 1.22 bits per heavy atom. The Balaban J connectivity index is 1.93. The van der Waals surface area contributed by atoms with E-state index >= 15 is 0 Å². The van der Waals surface area contributed by atoms with Gasteiger partial charge in [-0.3, -0.25) is 4.79 Å². The zero-order valence-corrected chi connectivity index (χ0v) is 11.0. The van der Waals surface area contributed by atoms with Crippen molar-refractivity contribution in [3.8, 4) is 0 Å². The van der Waals surface area contributed by atoms with Gasteiger partial charge in [0.1, 0.15) is 0 Å². The third-order valence-electron chi connectivity index (χ3n) is 2.86. The predicted molar refractivity (Wildman–Crippen MR) is 65.3 cm³/mol. The molecule has 1 aliphatic heterocycles. The Bertz CT molecular complexity index is 237. The summed E-state index contributed by atoms with van der Waals surface area (Å²) in [6.45, 7) is 4.05. The number of nitrogens with zero attached hydrogens (tertiary/aromatic N) is 1. The van der Waals surface area contributed by atoms with Crippen molar-refractivity contribution >= 4 is 5.91 Å². The van der Waals surface area contributed by atoms with E-state index in [-0.39, 0.29) is 18.4 Å². The third kappa shape index (κ3) is 5.77. The normalized spacial score (nSPS) is 19.8. The SMILES string of the molecule is COCCOCCOCCN1CC(CO)CC1=O. The first kappa shape index (κ1) is 15.4. The van der Waals surface area contributed by atoms with Crippen LogP contribution in [0.3, 0.4) is 0 Å². The second kappa shape index (κ2) is 9.27. The highest BCUT2D eigenvalue weighted by molar-refractivity contribution is 5.78. The van der Waals surface area contributed by atoms with Gasteiger partial charge in [0.05, 0.1) is 33.0 Å². The van der Waals surface area contributed by atoms with Crippen LogP contribution in [-0.2, 0) is 19.0 Å². The van der Waals surface area contributed by atoms with Crippen LogP contribution in [0.2, 0.25) is 0 Å². The van der Waals surface area contributed by atoms with Crippen molar-refractivity contribution in [2.24, 2.45) is 5.92 Å². The van der Waals surface area contributed by atoms with Crippen molar-refractivity contribution in [1.82, 2.24) is 4.90 Å². The number of rotatable bonds is 10. The van der Waals surface area contributed by atoms with Gasteiger partial charge in [0.2, 0.25) is 5.91 Å². The molecule has 1 N–H and O–H groups in total. The van der Waals surface area contributed by atoms with Gasteiger partial charge in [0.15, 0.2) is 0 Å². The van der Waals surface area contributed by atoms with Crippen molar-refractivity contribution in [3.05, 3.63) is 0 Å². The minimum absolute atomic E-state index is 0.0798. The van der Waals surface area contributed by atoms with Gasteiger partial charge in [0.25, 0.3) is 0 Å². The molecule has 6 heteroatoms. The topological polar surface area (TPSA) is 68.2 Å². The number of methoxy groups -OCH3 is 1. The highest BCUT2D eigenvalue weighted by Crippen LogP contribution is 2.16. The number of hydrogen-bond donors (Lipinski definition) is 1. The Hall–Kier alpha value is -0.690. The fourth-order valence-corrected chi connectivity index (χ4v) is 1.83. The van der Waals surface area contributed by atoms with Crippen molar-refractivity contribution in [3.63, 3.8) is 0 Å². The van der Waals surface area contributed by atoms with Gasteiger partial charge < -0.3 is 24.2 Å². The molecule has 106 valence electrons.